The van der Waals surface area contributed by atoms with E-state index < -0.39 is 0 Å². The number of aromatic nitrogens is 1. The number of fused-ring (bicyclic) bond motifs is 1. The Morgan fingerprint density at radius 3 is 2.50 bits per heavy atom. The molecule has 3 aromatic rings. The van der Waals surface area contributed by atoms with Crippen LogP contribution in [0.25, 0.3) is 11.1 Å². The number of ether oxygens (including phenoxy) is 1. The third-order valence-electron chi connectivity index (χ3n) is 4.64. The van der Waals surface area contributed by atoms with Gasteiger partial charge in [-0.3, -0.25) is 0 Å². The van der Waals surface area contributed by atoms with E-state index in [-0.39, 0.29) is 5.60 Å². The molecular formula is C21H21ClN2O2. The molecular weight excluding hydrogens is 348 g/mol. The minimum atomic E-state index is -0.327. The first-order valence-electron chi connectivity index (χ1n) is 8.64. The third-order valence-corrected chi connectivity index (χ3v) is 4.95. The number of anilines is 2. The average Bonchev–Trinajstić information content (AvgIpc) is 2.93. The van der Waals surface area contributed by atoms with Crippen LogP contribution in [0.5, 0.6) is 5.75 Å². The maximum Gasteiger partial charge on any atom is 0.144 e. The number of benzene rings is 2. The molecule has 1 aliphatic rings. The molecule has 0 atom stereocenters. The molecule has 2 heterocycles. The molecule has 0 amide bonds. The fraction of sp³-hybridized carbons (Fsp3) is 0.286. The Balaban J connectivity index is 1.89. The Kier molecular flexibility index (Phi) is 3.96. The van der Waals surface area contributed by atoms with Crippen molar-refractivity contribution in [1.29, 1.82) is 0 Å². The van der Waals surface area contributed by atoms with Crippen molar-refractivity contribution in [3.63, 3.8) is 0 Å². The van der Waals surface area contributed by atoms with Gasteiger partial charge in [0.15, 0.2) is 0 Å². The van der Waals surface area contributed by atoms with Gasteiger partial charge in [-0.25, -0.2) is 0 Å². The van der Waals surface area contributed by atoms with Crippen LogP contribution in [0, 0.1) is 13.8 Å². The van der Waals surface area contributed by atoms with Gasteiger partial charge in [0, 0.05) is 16.8 Å². The Labute approximate surface area is 158 Å². The van der Waals surface area contributed by atoms with Crippen LogP contribution in [-0.2, 0) is 0 Å². The van der Waals surface area contributed by atoms with Crippen LogP contribution in [0.3, 0.4) is 0 Å². The maximum absolute atomic E-state index is 6.67. The molecule has 0 saturated carbocycles. The van der Waals surface area contributed by atoms with Crippen molar-refractivity contribution in [1.82, 2.24) is 5.16 Å². The molecule has 2 aromatic carbocycles. The van der Waals surface area contributed by atoms with Crippen molar-refractivity contribution in [2.45, 2.75) is 33.3 Å². The summed E-state index contributed by atoms with van der Waals surface area (Å²) in [6.07, 6.45) is 0. The van der Waals surface area contributed by atoms with Crippen molar-refractivity contribution in [3.8, 4) is 16.9 Å². The molecule has 0 fully saturated rings. The second kappa shape index (κ2) is 6.06. The first-order valence-corrected chi connectivity index (χ1v) is 9.02. The van der Waals surface area contributed by atoms with E-state index in [0.717, 1.165) is 46.3 Å². The second-order valence-corrected chi connectivity index (χ2v) is 7.69. The number of hydrogen-bond donors (Lipinski definition) is 0. The lowest BCUT2D eigenvalue weighted by Gasteiger charge is -2.41. The van der Waals surface area contributed by atoms with E-state index in [9.17, 15) is 0 Å². The van der Waals surface area contributed by atoms with Crippen LogP contribution in [0.4, 0.5) is 11.4 Å². The quantitative estimate of drug-likeness (QED) is 0.562. The van der Waals surface area contributed by atoms with Gasteiger partial charge in [0.2, 0.25) is 0 Å². The summed E-state index contributed by atoms with van der Waals surface area (Å²) in [5.41, 5.74) is 4.39. The molecule has 26 heavy (non-hydrogen) atoms. The van der Waals surface area contributed by atoms with Crippen molar-refractivity contribution in [2.24, 2.45) is 0 Å². The molecule has 0 N–H and O–H groups in total. The Morgan fingerprint density at radius 2 is 1.85 bits per heavy atom. The lowest BCUT2D eigenvalue weighted by molar-refractivity contribution is 0.109. The van der Waals surface area contributed by atoms with Crippen LogP contribution in [0.2, 0.25) is 5.02 Å². The van der Waals surface area contributed by atoms with Crippen LogP contribution < -0.4 is 9.64 Å². The summed E-state index contributed by atoms with van der Waals surface area (Å²) in [6.45, 7) is 8.74. The monoisotopic (exact) mass is 368 g/mol. The van der Waals surface area contributed by atoms with E-state index >= 15 is 0 Å². The highest BCUT2D eigenvalue weighted by Crippen LogP contribution is 2.46. The Hall–Kier alpha value is -2.46. The van der Waals surface area contributed by atoms with Gasteiger partial charge in [-0.1, -0.05) is 35.0 Å². The number of rotatable bonds is 2. The molecule has 1 aliphatic heterocycles. The highest BCUT2D eigenvalue weighted by atomic mass is 35.5. The summed E-state index contributed by atoms with van der Waals surface area (Å²) < 4.78 is 11.6. The fourth-order valence-corrected chi connectivity index (χ4v) is 3.78. The topological polar surface area (TPSA) is 38.5 Å². The number of para-hydroxylation sites is 1. The molecule has 0 spiro atoms. The highest BCUT2D eigenvalue weighted by molar-refractivity contribution is 6.34. The SMILES string of the molecule is Cc1noc(C)c1-c1cc2c(cc1Cl)N(c1ccccc1)CC(C)(C)O2. The van der Waals surface area contributed by atoms with Crippen molar-refractivity contribution in [2.75, 3.05) is 11.4 Å². The van der Waals surface area contributed by atoms with Crippen molar-refractivity contribution < 1.29 is 9.26 Å². The lowest BCUT2D eigenvalue weighted by atomic mass is 9.99. The Bertz CT molecular complexity index is 944. The average molecular weight is 369 g/mol. The van der Waals surface area contributed by atoms with Crippen LogP contribution in [0.1, 0.15) is 25.3 Å². The smallest absolute Gasteiger partial charge is 0.144 e. The molecule has 0 aliphatic carbocycles. The van der Waals surface area contributed by atoms with Crippen LogP contribution >= 0.6 is 11.6 Å². The minimum Gasteiger partial charge on any atom is -0.484 e. The molecule has 134 valence electrons. The molecule has 4 rings (SSSR count). The van der Waals surface area contributed by atoms with Gasteiger partial charge in [-0.05, 0) is 52.0 Å². The normalized spacial score (nSPS) is 15.5. The summed E-state index contributed by atoms with van der Waals surface area (Å²) in [7, 11) is 0. The highest BCUT2D eigenvalue weighted by Gasteiger charge is 2.33. The molecule has 0 saturated heterocycles. The van der Waals surface area contributed by atoms with Gasteiger partial charge < -0.3 is 14.2 Å². The number of aryl methyl sites for hydroxylation is 2. The van der Waals surface area contributed by atoms with Gasteiger partial charge in [0.25, 0.3) is 0 Å². The molecule has 0 unspecified atom stereocenters. The number of halogens is 1. The molecule has 0 bridgehead atoms. The van der Waals surface area contributed by atoms with Crippen molar-refractivity contribution in [3.05, 3.63) is 58.9 Å². The van der Waals surface area contributed by atoms with Crippen molar-refractivity contribution >= 4 is 23.0 Å². The summed E-state index contributed by atoms with van der Waals surface area (Å²) in [4.78, 5) is 2.25. The summed E-state index contributed by atoms with van der Waals surface area (Å²) >= 11 is 6.67. The largest absolute Gasteiger partial charge is 0.484 e. The maximum atomic E-state index is 6.67. The van der Waals surface area contributed by atoms with E-state index in [1.807, 2.05) is 44.2 Å². The van der Waals surface area contributed by atoms with E-state index in [4.69, 9.17) is 20.9 Å². The second-order valence-electron chi connectivity index (χ2n) is 7.28. The van der Waals surface area contributed by atoms with Gasteiger partial charge >= 0.3 is 0 Å². The predicted molar refractivity (Wildman–Crippen MR) is 105 cm³/mol. The molecule has 4 nitrogen and oxygen atoms in total. The fourth-order valence-electron chi connectivity index (χ4n) is 3.53. The zero-order chi connectivity index (χ0) is 18.5. The van der Waals surface area contributed by atoms with Crippen LogP contribution in [0.15, 0.2) is 47.0 Å². The van der Waals surface area contributed by atoms with Gasteiger partial charge in [0.05, 0.1) is 22.9 Å². The lowest BCUT2D eigenvalue weighted by Crippen LogP contribution is -2.44. The zero-order valence-electron chi connectivity index (χ0n) is 15.3. The van der Waals surface area contributed by atoms with E-state index in [0.29, 0.717) is 5.02 Å². The minimum absolute atomic E-state index is 0.327. The summed E-state index contributed by atoms with van der Waals surface area (Å²) in [5.74, 6) is 1.56. The molecule has 5 heteroatoms. The summed E-state index contributed by atoms with van der Waals surface area (Å²) in [5, 5.41) is 4.71. The third kappa shape index (κ3) is 2.84. The van der Waals surface area contributed by atoms with Gasteiger partial charge in [-0.15, -0.1) is 0 Å². The van der Waals surface area contributed by atoms with E-state index in [1.54, 1.807) is 0 Å². The number of nitrogens with zero attached hydrogens (tertiary/aromatic N) is 2. The number of hydrogen-bond acceptors (Lipinski definition) is 4. The zero-order valence-corrected chi connectivity index (χ0v) is 16.1. The molecule has 1 aromatic heterocycles. The van der Waals surface area contributed by atoms with Crippen LogP contribution in [-0.4, -0.2) is 17.3 Å². The van der Waals surface area contributed by atoms with Gasteiger partial charge in [0.1, 0.15) is 17.1 Å². The predicted octanol–water partition coefficient (Wildman–Crippen LogP) is 5.92. The molecule has 0 radical (unpaired) electrons. The Morgan fingerprint density at radius 1 is 1.12 bits per heavy atom. The standard InChI is InChI=1S/C21H21ClN2O2/c1-13-20(14(2)26-23-13)16-10-19-18(11-17(16)22)24(12-21(3,4)25-19)15-8-6-5-7-9-15/h5-11H,12H2,1-4H3. The van der Waals surface area contributed by atoms with Gasteiger partial charge in [-0.2, -0.15) is 0 Å². The first-order chi connectivity index (χ1) is 12.4. The summed E-state index contributed by atoms with van der Waals surface area (Å²) in [6, 6.07) is 14.3. The van der Waals surface area contributed by atoms with E-state index in [2.05, 4.69) is 36.0 Å². The van der Waals surface area contributed by atoms with E-state index in [1.165, 1.54) is 0 Å². The first kappa shape index (κ1) is 17.0.